The molecule has 0 atom stereocenters. The summed E-state index contributed by atoms with van der Waals surface area (Å²) in [6.07, 6.45) is 51.9. The van der Waals surface area contributed by atoms with Crippen molar-refractivity contribution >= 4 is 11.9 Å². The summed E-state index contributed by atoms with van der Waals surface area (Å²) in [6, 6.07) is 0. The molecule has 1 N–H and O–H groups in total. The first-order valence-electron chi connectivity index (χ1n) is 29.2. The summed E-state index contributed by atoms with van der Waals surface area (Å²) in [6.45, 7) is 15.0. The van der Waals surface area contributed by atoms with Crippen molar-refractivity contribution in [2.45, 2.75) is 259 Å². The summed E-state index contributed by atoms with van der Waals surface area (Å²) in [4.78, 5) is 27.8. The van der Waals surface area contributed by atoms with Gasteiger partial charge >= 0.3 is 11.9 Å². The maximum absolute atomic E-state index is 12.6. The molecule has 70 heavy (non-hydrogen) atoms. The average Bonchev–Trinajstić information content (AvgIpc) is 3.36. The number of aliphatic hydroxyl groups is 1. The Bertz CT molecular complexity index is 1070. The maximum Gasteiger partial charge on any atom is 0.305 e. The Balaban J connectivity index is 4.48. The van der Waals surface area contributed by atoms with E-state index in [-0.39, 0.29) is 31.4 Å². The van der Waals surface area contributed by atoms with Gasteiger partial charge in [-0.15, -0.1) is 0 Å². The second-order valence-electron chi connectivity index (χ2n) is 19.1. The van der Waals surface area contributed by atoms with Gasteiger partial charge in [0.05, 0.1) is 52.5 Å². The van der Waals surface area contributed by atoms with Crippen LogP contribution in [0.15, 0.2) is 48.6 Å². The molecule has 0 radical (unpaired) electrons. The van der Waals surface area contributed by atoms with Crippen molar-refractivity contribution in [2.24, 2.45) is 0 Å². The van der Waals surface area contributed by atoms with Crippen LogP contribution >= 0.6 is 0 Å². The average molecular weight is 991 g/mol. The van der Waals surface area contributed by atoms with Gasteiger partial charge in [-0.05, 0) is 110 Å². The van der Waals surface area contributed by atoms with Crippen LogP contribution in [0.2, 0.25) is 0 Å². The molecule has 0 aliphatic carbocycles. The van der Waals surface area contributed by atoms with Crippen LogP contribution in [0.3, 0.4) is 0 Å². The first-order chi connectivity index (χ1) is 34.5. The third-order valence-corrected chi connectivity index (χ3v) is 12.4. The number of carbonyl (C=O) groups excluding carboxylic acids is 2. The van der Waals surface area contributed by atoms with Crippen LogP contribution in [0.4, 0.5) is 0 Å². The first kappa shape index (κ1) is 67.7. The van der Waals surface area contributed by atoms with E-state index in [0.717, 1.165) is 110 Å². The largest absolute Gasteiger partial charge is 0.466 e. The molecule has 0 aromatic heterocycles. The highest BCUT2D eigenvalue weighted by molar-refractivity contribution is 5.69. The van der Waals surface area contributed by atoms with Crippen molar-refractivity contribution in [3.8, 4) is 0 Å². The first-order valence-corrected chi connectivity index (χ1v) is 29.2. The van der Waals surface area contributed by atoms with Gasteiger partial charge in [0, 0.05) is 19.4 Å². The van der Waals surface area contributed by atoms with Crippen molar-refractivity contribution in [2.75, 3.05) is 65.9 Å². The van der Waals surface area contributed by atoms with Gasteiger partial charge in [-0.2, -0.15) is 0 Å². The third-order valence-electron chi connectivity index (χ3n) is 12.4. The number of unbranched alkanes of at least 4 members (excludes halogenated alkanes) is 23. The van der Waals surface area contributed by atoms with Crippen LogP contribution in [0.1, 0.15) is 246 Å². The van der Waals surface area contributed by atoms with Crippen LogP contribution in [0, 0.1) is 0 Å². The molecule has 0 aromatic carbocycles. The van der Waals surface area contributed by atoms with Gasteiger partial charge in [0.25, 0.3) is 0 Å². The molecule has 0 saturated heterocycles. The molecule has 0 rings (SSSR count). The summed E-state index contributed by atoms with van der Waals surface area (Å²) >= 11 is 0. The van der Waals surface area contributed by atoms with Gasteiger partial charge in [0.2, 0.25) is 0 Å². The fraction of sp³-hybridized carbons (Fsp3) is 0.833. The molecule has 0 aliphatic rings. The molecular formula is C60H111NO9. The van der Waals surface area contributed by atoms with E-state index in [1.165, 1.54) is 103 Å². The van der Waals surface area contributed by atoms with E-state index in [1.54, 1.807) is 0 Å². The molecule has 410 valence electrons. The van der Waals surface area contributed by atoms with E-state index in [1.807, 2.05) is 0 Å². The molecule has 0 saturated carbocycles. The smallest absolute Gasteiger partial charge is 0.305 e. The van der Waals surface area contributed by atoms with Gasteiger partial charge in [0.15, 0.2) is 12.6 Å². The molecule has 0 heterocycles. The zero-order valence-corrected chi connectivity index (χ0v) is 46.0. The SMILES string of the molecule is CCCCCC/C=C\COC(CCC(=O)OCCCCCCN(CCCCO)CCCCCCOC(=O)CCC(OC/C=C\CCCCCC)OC/C=C\CCCCCC)OC/C=C\CCCCCC. The molecule has 0 bridgehead atoms. The minimum absolute atomic E-state index is 0.193. The van der Waals surface area contributed by atoms with Crippen LogP contribution in [-0.2, 0) is 38.0 Å². The highest BCUT2D eigenvalue weighted by atomic mass is 16.7. The van der Waals surface area contributed by atoms with Gasteiger partial charge in [0.1, 0.15) is 0 Å². The maximum atomic E-state index is 12.6. The van der Waals surface area contributed by atoms with E-state index in [0.29, 0.717) is 52.5 Å². The lowest BCUT2D eigenvalue weighted by Crippen LogP contribution is -2.27. The Morgan fingerprint density at radius 3 is 1.00 bits per heavy atom. The van der Waals surface area contributed by atoms with Crippen LogP contribution < -0.4 is 0 Å². The molecule has 0 aliphatic heterocycles. The lowest BCUT2D eigenvalue weighted by atomic mass is 10.1. The minimum Gasteiger partial charge on any atom is -0.466 e. The lowest BCUT2D eigenvalue weighted by Gasteiger charge is -2.22. The van der Waals surface area contributed by atoms with Crippen LogP contribution in [-0.4, -0.2) is 100 Å². The highest BCUT2D eigenvalue weighted by Crippen LogP contribution is 2.13. The number of aliphatic hydroxyl groups excluding tert-OH is 1. The molecule has 0 amide bonds. The highest BCUT2D eigenvalue weighted by Gasteiger charge is 2.14. The van der Waals surface area contributed by atoms with E-state index in [2.05, 4.69) is 81.2 Å². The van der Waals surface area contributed by atoms with E-state index >= 15 is 0 Å². The van der Waals surface area contributed by atoms with E-state index < -0.39 is 12.6 Å². The molecule has 0 unspecified atom stereocenters. The topological polar surface area (TPSA) is 113 Å². The predicted molar refractivity (Wildman–Crippen MR) is 293 cm³/mol. The fourth-order valence-electron chi connectivity index (χ4n) is 7.93. The summed E-state index contributed by atoms with van der Waals surface area (Å²) in [7, 11) is 0. The molecule has 0 aromatic rings. The normalized spacial score (nSPS) is 12.2. The van der Waals surface area contributed by atoms with E-state index in [9.17, 15) is 14.7 Å². The lowest BCUT2D eigenvalue weighted by molar-refractivity contribution is -0.153. The quantitative estimate of drug-likeness (QED) is 0.0274. The minimum atomic E-state index is -0.437. The summed E-state index contributed by atoms with van der Waals surface area (Å²) in [5, 5.41) is 9.37. The Hall–Kier alpha value is -2.34. The number of hydrogen-bond acceptors (Lipinski definition) is 10. The summed E-state index contributed by atoms with van der Waals surface area (Å²) in [5.41, 5.74) is 0. The second kappa shape index (κ2) is 57.6. The van der Waals surface area contributed by atoms with Crippen LogP contribution in [0.25, 0.3) is 0 Å². The van der Waals surface area contributed by atoms with Crippen molar-refractivity contribution < 1.29 is 43.1 Å². The number of allylic oxidation sites excluding steroid dienone is 4. The molecule has 0 spiro atoms. The van der Waals surface area contributed by atoms with Gasteiger partial charge in [-0.25, -0.2) is 0 Å². The number of hydrogen-bond donors (Lipinski definition) is 1. The summed E-state index contributed by atoms with van der Waals surface area (Å²) in [5.74, 6) is -0.385. The predicted octanol–water partition coefficient (Wildman–Crippen LogP) is 15.7. The van der Waals surface area contributed by atoms with Crippen molar-refractivity contribution in [3.63, 3.8) is 0 Å². The zero-order chi connectivity index (χ0) is 50.9. The number of rotatable bonds is 56. The van der Waals surface area contributed by atoms with Crippen LogP contribution in [0.5, 0.6) is 0 Å². The Morgan fingerprint density at radius 1 is 0.386 bits per heavy atom. The molecular weight excluding hydrogens is 879 g/mol. The Kier molecular flexibility index (Phi) is 55.6. The molecule has 10 nitrogen and oxygen atoms in total. The second-order valence-corrected chi connectivity index (χ2v) is 19.1. The van der Waals surface area contributed by atoms with Crippen molar-refractivity contribution in [3.05, 3.63) is 48.6 Å². The van der Waals surface area contributed by atoms with E-state index in [4.69, 9.17) is 28.4 Å². The standard InChI is InChI=1S/C60H111NO9/c1-5-9-13-17-21-27-39-53-67-59(68-54-40-28-22-18-14-10-6-2)45-43-57(63)65-51-37-31-25-33-47-61(49-35-36-50-62)48-34-26-32-38-52-66-58(64)44-46-60(69-55-41-29-23-19-15-11-7-3)70-56-42-30-24-20-16-12-8-4/h27-30,39-42,59-60,62H,5-26,31-38,43-56H2,1-4H3/b39-27-,40-28-,41-29-,42-30-. The Morgan fingerprint density at radius 2 is 0.686 bits per heavy atom. The fourth-order valence-corrected chi connectivity index (χ4v) is 7.93. The van der Waals surface area contributed by atoms with Gasteiger partial charge in [-0.1, -0.05) is 179 Å². The number of nitrogens with zero attached hydrogens (tertiary/aromatic N) is 1. The summed E-state index contributed by atoms with van der Waals surface area (Å²) < 4.78 is 35.3. The monoisotopic (exact) mass is 990 g/mol. The van der Waals surface area contributed by atoms with Crippen molar-refractivity contribution in [1.82, 2.24) is 4.90 Å². The Labute approximate surface area is 431 Å². The van der Waals surface area contributed by atoms with Gasteiger partial charge < -0.3 is 38.4 Å². The van der Waals surface area contributed by atoms with Crippen molar-refractivity contribution in [1.29, 1.82) is 0 Å². The third kappa shape index (κ3) is 52.0. The number of ether oxygens (including phenoxy) is 6. The van der Waals surface area contributed by atoms with Gasteiger partial charge in [-0.3, -0.25) is 9.59 Å². The molecule has 10 heteroatoms. The molecule has 0 fully saturated rings. The number of esters is 2. The number of carbonyl (C=O) groups is 2. The zero-order valence-electron chi connectivity index (χ0n) is 46.0.